The number of nitrogens with two attached hydrogens (primary N) is 1. The lowest BCUT2D eigenvalue weighted by Crippen LogP contribution is -2.49. The van der Waals surface area contributed by atoms with Crippen molar-refractivity contribution in [3.63, 3.8) is 0 Å². The summed E-state index contributed by atoms with van der Waals surface area (Å²) in [5.74, 6) is -1.92. The van der Waals surface area contributed by atoms with Gasteiger partial charge in [0.05, 0.1) is 19.0 Å². The Morgan fingerprint density at radius 2 is 1.72 bits per heavy atom. The molecule has 0 fully saturated rings. The average Bonchev–Trinajstić information content (AvgIpc) is 2.65. The first-order chi connectivity index (χ1) is 13.7. The fourth-order valence-electron chi connectivity index (χ4n) is 3.07. The first kappa shape index (κ1) is 22.2. The van der Waals surface area contributed by atoms with E-state index in [1.165, 1.54) is 4.90 Å². The molecule has 0 saturated heterocycles. The molecule has 156 valence electrons. The highest BCUT2D eigenvalue weighted by Crippen LogP contribution is 2.23. The van der Waals surface area contributed by atoms with Gasteiger partial charge in [0.15, 0.2) is 0 Å². The van der Waals surface area contributed by atoms with Gasteiger partial charge in [-0.15, -0.1) is 0 Å². The van der Waals surface area contributed by atoms with Crippen molar-refractivity contribution < 1.29 is 24.6 Å². The molecule has 0 saturated carbocycles. The van der Waals surface area contributed by atoms with E-state index in [4.69, 9.17) is 5.73 Å². The van der Waals surface area contributed by atoms with Gasteiger partial charge < -0.3 is 26.2 Å². The van der Waals surface area contributed by atoms with E-state index in [0.717, 1.165) is 10.8 Å². The molecule has 3 amide bonds. The average molecular weight is 401 g/mol. The number of aliphatic hydroxyl groups excluding tert-OH is 1. The van der Waals surface area contributed by atoms with Crippen LogP contribution in [0, 0.1) is 5.92 Å². The molecule has 2 unspecified atom stereocenters. The standard InChI is InChI=1S/C21H27N3O5/c1-13(2)11-24(12-18(25)20(22)28)21(29)23-17(10-19(26)27)16-8-7-14-5-3-4-6-15(14)9-16/h3-9,13,17-18,25H,10-12H2,1-2H3,(H2,22,28)(H,23,29)(H,26,27). The highest BCUT2D eigenvalue weighted by Gasteiger charge is 2.25. The van der Waals surface area contributed by atoms with Crippen LogP contribution in [-0.2, 0) is 9.59 Å². The van der Waals surface area contributed by atoms with Gasteiger partial charge in [0.25, 0.3) is 0 Å². The predicted molar refractivity (Wildman–Crippen MR) is 109 cm³/mol. The Balaban J connectivity index is 2.26. The number of benzene rings is 2. The molecule has 0 bridgehead atoms. The molecule has 5 N–H and O–H groups in total. The van der Waals surface area contributed by atoms with Gasteiger partial charge in [-0.3, -0.25) is 9.59 Å². The number of carbonyl (C=O) groups excluding carboxylic acids is 2. The van der Waals surface area contributed by atoms with E-state index >= 15 is 0 Å². The lowest BCUT2D eigenvalue weighted by molar-refractivity contribution is -0.137. The second-order valence-corrected chi connectivity index (χ2v) is 7.42. The molecule has 0 aliphatic rings. The zero-order valence-corrected chi connectivity index (χ0v) is 16.5. The van der Waals surface area contributed by atoms with Crippen molar-refractivity contribution in [1.29, 1.82) is 0 Å². The van der Waals surface area contributed by atoms with Crippen molar-refractivity contribution in [2.75, 3.05) is 13.1 Å². The van der Waals surface area contributed by atoms with Gasteiger partial charge in [-0.05, 0) is 28.3 Å². The van der Waals surface area contributed by atoms with Crippen molar-refractivity contribution in [2.24, 2.45) is 11.7 Å². The van der Waals surface area contributed by atoms with Crippen LogP contribution in [0.5, 0.6) is 0 Å². The third kappa shape index (κ3) is 6.46. The summed E-state index contributed by atoms with van der Waals surface area (Å²) in [4.78, 5) is 36.7. The lowest BCUT2D eigenvalue weighted by Gasteiger charge is -2.28. The third-order valence-corrected chi connectivity index (χ3v) is 4.45. The molecule has 29 heavy (non-hydrogen) atoms. The molecule has 0 aliphatic carbocycles. The molecule has 2 aromatic rings. The van der Waals surface area contributed by atoms with Crippen molar-refractivity contribution >= 4 is 28.7 Å². The quantitative estimate of drug-likeness (QED) is 0.509. The molecule has 2 atom stereocenters. The minimum absolute atomic E-state index is 0.0689. The maximum atomic E-state index is 12.8. The number of nitrogens with zero attached hydrogens (tertiary/aromatic N) is 1. The number of rotatable bonds is 9. The first-order valence-corrected chi connectivity index (χ1v) is 9.40. The van der Waals surface area contributed by atoms with Crippen molar-refractivity contribution in [1.82, 2.24) is 10.2 Å². The van der Waals surface area contributed by atoms with E-state index in [2.05, 4.69) is 5.32 Å². The van der Waals surface area contributed by atoms with Gasteiger partial charge in [0.2, 0.25) is 5.91 Å². The van der Waals surface area contributed by atoms with E-state index in [1.807, 2.05) is 50.2 Å². The minimum atomic E-state index is -1.50. The van der Waals surface area contributed by atoms with E-state index in [1.54, 1.807) is 6.07 Å². The monoisotopic (exact) mass is 401 g/mol. The zero-order chi connectivity index (χ0) is 21.6. The molecule has 8 nitrogen and oxygen atoms in total. The zero-order valence-electron chi connectivity index (χ0n) is 16.5. The van der Waals surface area contributed by atoms with Crippen molar-refractivity contribution in [2.45, 2.75) is 32.4 Å². The smallest absolute Gasteiger partial charge is 0.318 e. The molecule has 2 aromatic carbocycles. The largest absolute Gasteiger partial charge is 0.481 e. The Morgan fingerprint density at radius 1 is 1.07 bits per heavy atom. The number of carboxylic acid groups (broad SMARTS) is 1. The number of fused-ring (bicyclic) bond motifs is 1. The lowest BCUT2D eigenvalue weighted by atomic mass is 10.00. The van der Waals surface area contributed by atoms with Crippen LogP contribution < -0.4 is 11.1 Å². The fourth-order valence-corrected chi connectivity index (χ4v) is 3.07. The molecule has 0 heterocycles. The number of aliphatic carboxylic acids is 1. The van der Waals surface area contributed by atoms with Crippen LogP contribution in [0.2, 0.25) is 0 Å². The summed E-state index contributed by atoms with van der Waals surface area (Å²) in [6.07, 6.45) is -1.81. The third-order valence-electron chi connectivity index (χ3n) is 4.45. The Kier molecular flexibility index (Phi) is 7.55. The topological polar surface area (TPSA) is 133 Å². The van der Waals surface area contributed by atoms with Gasteiger partial charge in [-0.2, -0.15) is 0 Å². The number of aliphatic hydroxyl groups is 1. The van der Waals surface area contributed by atoms with Crippen LogP contribution in [-0.4, -0.2) is 52.2 Å². The molecule has 0 aromatic heterocycles. The van der Waals surface area contributed by atoms with Crippen molar-refractivity contribution in [3.8, 4) is 0 Å². The number of amides is 3. The maximum Gasteiger partial charge on any atom is 0.318 e. The van der Waals surface area contributed by atoms with E-state index in [9.17, 15) is 24.6 Å². The number of carbonyl (C=O) groups is 3. The number of hydrogen-bond acceptors (Lipinski definition) is 4. The Hall–Kier alpha value is -3.13. The van der Waals surface area contributed by atoms with Crippen LogP contribution in [0.25, 0.3) is 10.8 Å². The summed E-state index contributed by atoms with van der Waals surface area (Å²) in [5.41, 5.74) is 5.75. The first-order valence-electron chi connectivity index (χ1n) is 9.40. The van der Waals surface area contributed by atoms with Crippen LogP contribution in [0.3, 0.4) is 0 Å². The van der Waals surface area contributed by atoms with E-state index in [-0.39, 0.29) is 25.4 Å². The number of urea groups is 1. The summed E-state index contributed by atoms with van der Waals surface area (Å²) in [6, 6.07) is 11.8. The van der Waals surface area contributed by atoms with Crippen LogP contribution >= 0.6 is 0 Å². The normalized spacial score (nSPS) is 13.1. The van der Waals surface area contributed by atoms with E-state index < -0.39 is 30.1 Å². The van der Waals surface area contributed by atoms with Crippen LogP contribution in [0.1, 0.15) is 31.9 Å². The highest BCUT2D eigenvalue weighted by molar-refractivity contribution is 5.84. The highest BCUT2D eigenvalue weighted by atomic mass is 16.4. The fraction of sp³-hybridized carbons (Fsp3) is 0.381. The maximum absolute atomic E-state index is 12.8. The number of nitrogens with one attached hydrogen (secondary N) is 1. The second kappa shape index (κ2) is 9.88. The number of primary amides is 1. The molecule has 2 rings (SSSR count). The van der Waals surface area contributed by atoms with Crippen LogP contribution in [0.15, 0.2) is 42.5 Å². The summed E-state index contributed by atoms with van der Waals surface area (Å²) in [5, 5.41) is 23.7. The number of carboxylic acids is 1. The van der Waals surface area contributed by atoms with Crippen molar-refractivity contribution in [3.05, 3.63) is 48.0 Å². The van der Waals surface area contributed by atoms with Gasteiger partial charge in [0, 0.05) is 6.54 Å². The predicted octanol–water partition coefficient (Wildman–Crippen LogP) is 1.87. The summed E-state index contributed by atoms with van der Waals surface area (Å²) in [6.45, 7) is 3.77. The molecule has 0 spiro atoms. The Bertz CT molecular complexity index is 884. The number of hydrogen-bond donors (Lipinski definition) is 4. The second-order valence-electron chi connectivity index (χ2n) is 7.42. The molecule has 0 aliphatic heterocycles. The van der Waals surface area contributed by atoms with Gasteiger partial charge in [-0.25, -0.2) is 4.79 Å². The molecular formula is C21H27N3O5. The van der Waals surface area contributed by atoms with E-state index in [0.29, 0.717) is 5.56 Å². The molecular weight excluding hydrogens is 374 g/mol. The summed E-state index contributed by atoms with van der Waals surface area (Å²) < 4.78 is 0. The molecule has 8 heteroatoms. The summed E-state index contributed by atoms with van der Waals surface area (Å²) >= 11 is 0. The Morgan fingerprint density at radius 3 is 2.31 bits per heavy atom. The van der Waals surface area contributed by atoms with Crippen LogP contribution in [0.4, 0.5) is 4.79 Å². The SMILES string of the molecule is CC(C)CN(CC(O)C(N)=O)C(=O)NC(CC(=O)O)c1ccc2ccccc2c1. The van der Waals surface area contributed by atoms with Gasteiger partial charge in [-0.1, -0.05) is 50.2 Å². The summed E-state index contributed by atoms with van der Waals surface area (Å²) in [7, 11) is 0. The van der Waals surface area contributed by atoms with Gasteiger partial charge in [0.1, 0.15) is 6.10 Å². The minimum Gasteiger partial charge on any atom is -0.481 e. The Labute approximate surface area is 169 Å². The molecule has 0 radical (unpaired) electrons. The van der Waals surface area contributed by atoms with Gasteiger partial charge >= 0.3 is 12.0 Å².